The summed E-state index contributed by atoms with van der Waals surface area (Å²) in [6, 6.07) is 8.47. The van der Waals surface area contributed by atoms with Crippen LogP contribution in [-0.4, -0.2) is 9.97 Å². The van der Waals surface area contributed by atoms with Gasteiger partial charge in [0.15, 0.2) is 0 Å². The molecule has 0 aliphatic carbocycles. The second-order valence-corrected chi connectivity index (χ2v) is 6.39. The summed E-state index contributed by atoms with van der Waals surface area (Å²) in [6.45, 7) is 10.5. The van der Waals surface area contributed by atoms with Gasteiger partial charge in [-0.1, -0.05) is 62.8 Å². The molecule has 2 aromatic rings. The zero-order chi connectivity index (χ0) is 14.2. The average Bonchev–Trinajstić information content (AvgIpc) is 2.32. The van der Waals surface area contributed by atoms with E-state index < -0.39 is 0 Å². The molecular weight excluding hydrogens is 252 g/mol. The largest absolute Gasteiger partial charge is 0.342 e. The van der Waals surface area contributed by atoms with Gasteiger partial charge in [0.1, 0.15) is 10.5 Å². The minimum atomic E-state index is -0.0410. The number of hydrogen-bond acceptors (Lipinski definition) is 2. The van der Waals surface area contributed by atoms with Crippen LogP contribution in [0.15, 0.2) is 24.3 Å². The SMILES string of the molecule is Cc1ccc(-c2[nH]c(C(C)(C)C)nc(=S)c2C)cc1. The van der Waals surface area contributed by atoms with E-state index in [1.807, 2.05) is 6.92 Å². The van der Waals surface area contributed by atoms with Gasteiger partial charge >= 0.3 is 0 Å². The van der Waals surface area contributed by atoms with E-state index in [4.69, 9.17) is 12.2 Å². The lowest BCUT2D eigenvalue weighted by Crippen LogP contribution is -2.17. The second-order valence-electron chi connectivity index (χ2n) is 6.01. The third-order valence-corrected chi connectivity index (χ3v) is 3.60. The Bertz CT molecular complexity index is 646. The average molecular weight is 272 g/mol. The fourth-order valence-electron chi connectivity index (χ4n) is 1.90. The Morgan fingerprint density at radius 3 is 2.16 bits per heavy atom. The molecule has 1 aromatic carbocycles. The van der Waals surface area contributed by atoms with Gasteiger partial charge in [-0.15, -0.1) is 0 Å². The molecule has 1 N–H and O–H groups in total. The lowest BCUT2D eigenvalue weighted by atomic mass is 9.95. The van der Waals surface area contributed by atoms with E-state index in [1.165, 1.54) is 5.56 Å². The summed E-state index contributed by atoms with van der Waals surface area (Å²) < 4.78 is 0.680. The van der Waals surface area contributed by atoms with Crippen molar-refractivity contribution in [3.05, 3.63) is 45.9 Å². The molecule has 1 aromatic heterocycles. The molecule has 0 amide bonds. The maximum atomic E-state index is 5.39. The molecular formula is C16H20N2S. The monoisotopic (exact) mass is 272 g/mol. The molecule has 0 spiro atoms. The molecule has 0 bridgehead atoms. The first-order valence-corrected chi connectivity index (χ1v) is 6.88. The second kappa shape index (κ2) is 4.89. The molecule has 0 aliphatic rings. The van der Waals surface area contributed by atoms with Crippen LogP contribution in [0.5, 0.6) is 0 Å². The van der Waals surface area contributed by atoms with Crippen molar-refractivity contribution in [3.63, 3.8) is 0 Å². The van der Waals surface area contributed by atoms with Crippen LogP contribution in [-0.2, 0) is 5.41 Å². The lowest BCUT2D eigenvalue weighted by molar-refractivity contribution is 0.544. The van der Waals surface area contributed by atoms with Crippen LogP contribution in [0.2, 0.25) is 0 Å². The molecule has 3 heteroatoms. The highest BCUT2D eigenvalue weighted by Gasteiger charge is 2.18. The fraction of sp³-hybridized carbons (Fsp3) is 0.375. The number of rotatable bonds is 1. The van der Waals surface area contributed by atoms with Crippen molar-refractivity contribution >= 4 is 12.2 Å². The standard InChI is InChI=1S/C16H20N2S/c1-10-6-8-12(9-7-10)13-11(2)14(19)18-15(17-13)16(3,4)5/h6-9H,1-5H3,(H,17,18,19). The summed E-state index contributed by atoms with van der Waals surface area (Å²) in [6.07, 6.45) is 0. The smallest absolute Gasteiger partial charge is 0.133 e. The maximum Gasteiger partial charge on any atom is 0.133 e. The Labute approximate surface area is 119 Å². The van der Waals surface area contributed by atoms with Crippen LogP contribution in [0.1, 0.15) is 37.7 Å². The molecule has 2 rings (SSSR count). The van der Waals surface area contributed by atoms with Crippen molar-refractivity contribution < 1.29 is 0 Å². The summed E-state index contributed by atoms with van der Waals surface area (Å²) in [5, 5.41) is 0. The van der Waals surface area contributed by atoms with Gasteiger partial charge in [0.2, 0.25) is 0 Å². The van der Waals surface area contributed by atoms with E-state index in [0.29, 0.717) is 4.64 Å². The number of nitrogens with zero attached hydrogens (tertiary/aromatic N) is 1. The highest BCUT2D eigenvalue weighted by atomic mass is 32.1. The van der Waals surface area contributed by atoms with Crippen LogP contribution in [0.3, 0.4) is 0 Å². The van der Waals surface area contributed by atoms with E-state index in [-0.39, 0.29) is 5.41 Å². The van der Waals surface area contributed by atoms with E-state index in [9.17, 15) is 0 Å². The number of aromatic amines is 1. The summed E-state index contributed by atoms with van der Waals surface area (Å²) in [7, 11) is 0. The predicted molar refractivity (Wildman–Crippen MR) is 83.0 cm³/mol. The quantitative estimate of drug-likeness (QED) is 0.761. The molecule has 100 valence electrons. The molecule has 0 saturated heterocycles. The Morgan fingerprint density at radius 1 is 1.05 bits per heavy atom. The van der Waals surface area contributed by atoms with Gasteiger partial charge in [-0.05, 0) is 19.4 Å². The van der Waals surface area contributed by atoms with Crippen LogP contribution in [0.4, 0.5) is 0 Å². The first kappa shape index (κ1) is 13.9. The minimum Gasteiger partial charge on any atom is -0.342 e. The molecule has 19 heavy (non-hydrogen) atoms. The Balaban J connectivity index is 2.66. The molecule has 2 nitrogen and oxygen atoms in total. The van der Waals surface area contributed by atoms with Crippen LogP contribution in [0, 0.1) is 18.5 Å². The number of aryl methyl sites for hydroxylation is 1. The lowest BCUT2D eigenvalue weighted by Gasteiger charge is -2.19. The van der Waals surface area contributed by atoms with E-state index >= 15 is 0 Å². The van der Waals surface area contributed by atoms with Gasteiger partial charge in [-0.3, -0.25) is 0 Å². The molecule has 0 aliphatic heterocycles. The zero-order valence-electron chi connectivity index (χ0n) is 12.2. The Morgan fingerprint density at radius 2 is 1.63 bits per heavy atom. The van der Waals surface area contributed by atoms with Crippen molar-refractivity contribution in [1.29, 1.82) is 0 Å². The molecule has 0 saturated carbocycles. The Hall–Kier alpha value is -1.48. The van der Waals surface area contributed by atoms with Crippen molar-refractivity contribution in [2.75, 3.05) is 0 Å². The van der Waals surface area contributed by atoms with Crippen molar-refractivity contribution in [3.8, 4) is 11.3 Å². The molecule has 0 fully saturated rings. The highest BCUT2D eigenvalue weighted by Crippen LogP contribution is 2.26. The third-order valence-electron chi connectivity index (χ3n) is 3.20. The van der Waals surface area contributed by atoms with Crippen molar-refractivity contribution in [2.45, 2.75) is 40.0 Å². The summed E-state index contributed by atoms with van der Waals surface area (Å²) in [5.74, 6) is 0.929. The van der Waals surface area contributed by atoms with E-state index in [1.54, 1.807) is 0 Å². The topological polar surface area (TPSA) is 28.7 Å². The van der Waals surface area contributed by atoms with Gasteiger partial charge in [0.25, 0.3) is 0 Å². The highest BCUT2D eigenvalue weighted by molar-refractivity contribution is 7.71. The number of H-pyrrole nitrogens is 1. The summed E-state index contributed by atoms with van der Waals surface area (Å²) in [4.78, 5) is 7.96. The Kier molecular flexibility index (Phi) is 3.59. The maximum absolute atomic E-state index is 5.39. The number of aromatic nitrogens is 2. The minimum absolute atomic E-state index is 0.0410. The zero-order valence-corrected chi connectivity index (χ0v) is 13.0. The first-order valence-electron chi connectivity index (χ1n) is 6.47. The number of hydrogen-bond donors (Lipinski definition) is 1. The van der Waals surface area contributed by atoms with Gasteiger partial charge in [0.05, 0.1) is 5.69 Å². The predicted octanol–water partition coefficient (Wildman–Crippen LogP) is 4.72. The van der Waals surface area contributed by atoms with Crippen molar-refractivity contribution in [1.82, 2.24) is 9.97 Å². The van der Waals surface area contributed by atoms with Crippen LogP contribution < -0.4 is 0 Å². The number of nitrogens with one attached hydrogen (secondary N) is 1. The summed E-state index contributed by atoms with van der Waals surface area (Å²) in [5.41, 5.74) is 4.48. The number of benzene rings is 1. The van der Waals surface area contributed by atoms with Crippen LogP contribution in [0.25, 0.3) is 11.3 Å². The first-order chi connectivity index (χ1) is 8.79. The summed E-state index contributed by atoms with van der Waals surface area (Å²) >= 11 is 5.39. The molecule has 0 atom stereocenters. The molecule has 0 radical (unpaired) electrons. The third kappa shape index (κ3) is 2.92. The van der Waals surface area contributed by atoms with Crippen LogP contribution >= 0.6 is 12.2 Å². The molecule has 1 heterocycles. The van der Waals surface area contributed by atoms with E-state index in [0.717, 1.165) is 22.6 Å². The fourth-order valence-corrected chi connectivity index (χ4v) is 2.09. The molecule has 0 unspecified atom stereocenters. The van der Waals surface area contributed by atoms with Gasteiger partial charge in [-0.2, -0.15) is 0 Å². The van der Waals surface area contributed by atoms with Gasteiger partial charge in [0, 0.05) is 11.0 Å². The van der Waals surface area contributed by atoms with Gasteiger partial charge in [-0.25, -0.2) is 4.98 Å². The van der Waals surface area contributed by atoms with Gasteiger partial charge < -0.3 is 4.98 Å². The van der Waals surface area contributed by atoms with Crippen molar-refractivity contribution in [2.24, 2.45) is 0 Å². The van der Waals surface area contributed by atoms with E-state index in [2.05, 4.69) is 61.9 Å². The normalized spacial score (nSPS) is 11.6.